The standard InChI is InChI=1S/C11H13FN2O5S/c1-13-10(15)4-5-14-20(18,19)9-6-7(11(16)17)2-3-8(9)12/h2-3,6,14H,4-5H2,1H3,(H,13,15)(H,16,17). The highest BCUT2D eigenvalue weighted by atomic mass is 32.2. The molecule has 0 aromatic heterocycles. The SMILES string of the molecule is CNC(=O)CCNS(=O)(=O)c1cc(C(=O)O)ccc1F. The summed E-state index contributed by atoms with van der Waals surface area (Å²) < 4.78 is 39.2. The fraction of sp³-hybridized carbons (Fsp3) is 0.273. The smallest absolute Gasteiger partial charge is 0.335 e. The van der Waals surface area contributed by atoms with E-state index in [1.165, 1.54) is 7.05 Å². The third kappa shape index (κ3) is 4.00. The molecule has 0 spiro atoms. The van der Waals surface area contributed by atoms with Gasteiger partial charge < -0.3 is 10.4 Å². The van der Waals surface area contributed by atoms with E-state index in [0.717, 1.165) is 18.2 Å². The summed E-state index contributed by atoms with van der Waals surface area (Å²) in [6, 6.07) is 2.44. The summed E-state index contributed by atoms with van der Waals surface area (Å²) in [7, 11) is -2.82. The highest BCUT2D eigenvalue weighted by Crippen LogP contribution is 2.16. The molecule has 0 saturated heterocycles. The molecule has 1 amide bonds. The van der Waals surface area contributed by atoms with Crippen LogP contribution in [0.3, 0.4) is 0 Å². The number of carbonyl (C=O) groups is 2. The molecule has 7 nitrogen and oxygen atoms in total. The van der Waals surface area contributed by atoms with E-state index in [9.17, 15) is 22.4 Å². The van der Waals surface area contributed by atoms with Crippen LogP contribution in [0.2, 0.25) is 0 Å². The van der Waals surface area contributed by atoms with Crippen molar-refractivity contribution in [1.29, 1.82) is 0 Å². The highest BCUT2D eigenvalue weighted by molar-refractivity contribution is 7.89. The van der Waals surface area contributed by atoms with E-state index >= 15 is 0 Å². The van der Waals surface area contributed by atoms with Crippen molar-refractivity contribution in [2.75, 3.05) is 13.6 Å². The third-order valence-corrected chi connectivity index (χ3v) is 3.87. The van der Waals surface area contributed by atoms with Crippen LogP contribution in [0.25, 0.3) is 0 Å². The Morgan fingerprint density at radius 1 is 1.35 bits per heavy atom. The second kappa shape index (κ2) is 6.44. The lowest BCUT2D eigenvalue weighted by Gasteiger charge is -2.08. The number of nitrogens with one attached hydrogen (secondary N) is 2. The van der Waals surface area contributed by atoms with Crippen LogP contribution in [-0.2, 0) is 14.8 Å². The van der Waals surface area contributed by atoms with Crippen LogP contribution in [-0.4, -0.2) is 39.0 Å². The molecular formula is C11H13FN2O5S. The number of benzene rings is 1. The van der Waals surface area contributed by atoms with Crippen LogP contribution in [0.5, 0.6) is 0 Å². The van der Waals surface area contributed by atoms with Crippen LogP contribution >= 0.6 is 0 Å². The van der Waals surface area contributed by atoms with E-state index in [4.69, 9.17) is 5.11 Å². The number of sulfonamides is 1. The number of carboxylic acid groups (broad SMARTS) is 1. The largest absolute Gasteiger partial charge is 0.478 e. The van der Waals surface area contributed by atoms with Crippen LogP contribution in [0, 0.1) is 5.82 Å². The summed E-state index contributed by atoms with van der Waals surface area (Å²) >= 11 is 0. The zero-order chi connectivity index (χ0) is 15.3. The van der Waals surface area contributed by atoms with Gasteiger partial charge in [0.2, 0.25) is 15.9 Å². The molecule has 0 unspecified atom stereocenters. The van der Waals surface area contributed by atoms with Gasteiger partial charge in [-0.05, 0) is 18.2 Å². The molecule has 3 N–H and O–H groups in total. The topological polar surface area (TPSA) is 113 Å². The summed E-state index contributed by atoms with van der Waals surface area (Å²) in [5, 5.41) is 11.1. The Labute approximate surface area is 114 Å². The van der Waals surface area contributed by atoms with Gasteiger partial charge in [-0.1, -0.05) is 0 Å². The highest BCUT2D eigenvalue weighted by Gasteiger charge is 2.20. The first-order valence-corrected chi connectivity index (χ1v) is 6.99. The minimum Gasteiger partial charge on any atom is -0.478 e. The molecule has 0 heterocycles. The van der Waals surface area contributed by atoms with Crippen molar-refractivity contribution in [1.82, 2.24) is 10.0 Å². The van der Waals surface area contributed by atoms with Crippen LogP contribution in [0.1, 0.15) is 16.8 Å². The molecular weight excluding hydrogens is 291 g/mol. The lowest BCUT2D eigenvalue weighted by Crippen LogP contribution is -2.30. The van der Waals surface area contributed by atoms with Crippen LogP contribution in [0.15, 0.2) is 23.1 Å². The van der Waals surface area contributed by atoms with Gasteiger partial charge in [-0.2, -0.15) is 0 Å². The lowest BCUT2D eigenvalue weighted by molar-refractivity contribution is -0.120. The number of halogens is 1. The lowest BCUT2D eigenvalue weighted by atomic mass is 10.2. The fourth-order valence-electron chi connectivity index (χ4n) is 1.34. The van der Waals surface area contributed by atoms with E-state index in [1.54, 1.807) is 0 Å². The first kappa shape index (κ1) is 16.1. The number of amides is 1. The predicted molar refractivity (Wildman–Crippen MR) is 67.2 cm³/mol. The number of aromatic carboxylic acids is 1. The molecule has 9 heteroatoms. The van der Waals surface area contributed by atoms with E-state index in [1.807, 2.05) is 4.72 Å². The summed E-state index contributed by atoms with van der Waals surface area (Å²) in [6.07, 6.45) is -0.115. The van der Waals surface area contributed by atoms with Gasteiger partial charge in [-0.25, -0.2) is 22.3 Å². The Morgan fingerprint density at radius 2 is 2.00 bits per heavy atom. The average molecular weight is 304 g/mol. The van der Waals surface area contributed by atoms with E-state index in [-0.39, 0.29) is 24.4 Å². The van der Waals surface area contributed by atoms with Crippen LogP contribution < -0.4 is 10.0 Å². The van der Waals surface area contributed by atoms with Crippen molar-refractivity contribution in [2.45, 2.75) is 11.3 Å². The van der Waals surface area contributed by atoms with Gasteiger partial charge in [0.05, 0.1) is 5.56 Å². The molecule has 1 aromatic carbocycles. The molecule has 1 rings (SSSR count). The third-order valence-electron chi connectivity index (χ3n) is 2.39. The summed E-state index contributed by atoms with van der Waals surface area (Å²) in [4.78, 5) is 20.9. The maximum Gasteiger partial charge on any atom is 0.335 e. The minimum atomic E-state index is -4.22. The summed E-state index contributed by atoms with van der Waals surface area (Å²) in [5.74, 6) is -2.82. The van der Waals surface area contributed by atoms with Crippen molar-refractivity contribution < 1.29 is 27.5 Å². The monoisotopic (exact) mass is 304 g/mol. The Morgan fingerprint density at radius 3 is 2.55 bits per heavy atom. The molecule has 0 bridgehead atoms. The van der Waals surface area contributed by atoms with Gasteiger partial charge in [0.1, 0.15) is 10.7 Å². The molecule has 0 atom stereocenters. The number of hydrogen-bond donors (Lipinski definition) is 3. The number of carbonyl (C=O) groups excluding carboxylic acids is 1. The van der Waals surface area contributed by atoms with E-state index in [0.29, 0.717) is 0 Å². The Hall–Kier alpha value is -2.00. The van der Waals surface area contributed by atoms with Crippen molar-refractivity contribution in [3.63, 3.8) is 0 Å². The Balaban J connectivity index is 2.94. The second-order valence-corrected chi connectivity index (χ2v) is 5.51. The molecule has 0 aliphatic rings. The fourth-order valence-corrected chi connectivity index (χ4v) is 2.48. The second-order valence-electron chi connectivity index (χ2n) is 3.77. The maximum atomic E-state index is 13.5. The number of rotatable bonds is 6. The Kier molecular flexibility index (Phi) is 5.17. The van der Waals surface area contributed by atoms with Crippen molar-refractivity contribution in [2.24, 2.45) is 0 Å². The predicted octanol–water partition coefficient (Wildman–Crippen LogP) is -0.0617. The zero-order valence-electron chi connectivity index (χ0n) is 10.5. The van der Waals surface area contributed by atoms with Gasteiger partial charge in [0.25, 0.3) is 0 Å². The molecule has 0 aliphatic heterocycles. The zero-order valence-corrected chi connectivity index (χ0v) is 11.3. The minimum absolute atomic E-state index is 0.115. The number of carboxylic acids is 1. The molecule has 1 aromatic rings. The molecule has 0 radical (unpaired) electrons. The molecule has 0 saturated carbocycles. The van der Waals surface area contributed by atoms with E-state index in [2.05, 4.69) is 5.32 Å². The number of hydrogen-bond acceptors (Lipinski definition) is 4. The summed E-state index contributed by atoms with van der Waals surface area (Å²) in [6.45, 7) is -0.223. The van der Waals surface area contributed by atoms with Gasteiger partial charge in [-0.3, -0.25) is 4.79 Å². The maximum absolute atomic E-state index is 13.5. The average Bonchev–Trinajstić information content (AvgIpc) is 2.38. The first-order chi connectivity index (χ1) is 9.27. The van der Waals surface area contributed by atoms with Crippen molar-refractivity contribution in [3.05, 3.63) is 29.6 Å². The molecule has 0 fully saturated rings. The Bertz CT molecular complexity index is 630. The normalized spacial score (nSPS) is 11.1. The van der Waals surface area contributed by atoms with Crippen molar-refractivity contribution >= 4 is 21.9 Å². The van der Waals surface area contributed by atoms with Gasteiger partial charge >= 0.3 is 5.97 Å². The first-order valence-electron chi connectivity index (χ1n) is 5.51. The van der Waals surface area contributed by atoms with Gasteiger partial charge in [0, 0.05) is 20.0 Å². The summed E-state index contributed by atoms with van der Waals surface area (Å²) in [5.41, 5.74) is -0.349. The molecule has 110 valence electrons. The van der Waals surface area contributed by atoms with Crippen molar-refractivity contribution in [3.8, 4) is 0 Å². The van der Waals surface area contributed by atoms with Gasteiger partial charge in [0.15, 0.2) is 0 Å². The molecule has 0 aliphatic carbocycles. The van der Waals surface area contributed by atoms with Gasteiger partial charge in [-0.15, -0.1) is 0 Å². The van der Waals surface area contributed by atoms with Crippen LogP contribution in [0.4, 0.5) is 4.39 Å². The molecule has 20 heavy (non-hydrogen) atoms. The quantitative estimate of drug-likeness (QED) is 0.681. The van der Waals surface area contributed by atoms with E-state index < -0.39 is 26.7 Å².